The van der Waals surface area contributed by atoms with E-state index in [0.29, 0.717) is 16.7 Å². The number of nitrogens with one attached hydrogen (secondary N) is 1. The van der Waals surface area contributed by atoms with E-state index < -0.39 is 0 Å². The van der Waals surface area contributed by atoms with E-state index in [1.807, 2.05) is 43.3 Å². The van der Waals surface area contributed by atoms with E-state index in [9.17, 15) is 9.59 Å². The lowest BCUT2D eigenvalue weighted by Crippen LogP contribution is -2.46. The number of benzene rings is 3. The monoisotopic (exact) mass is 425 g/mol. The van der Waals surface area contributed by atoms with Crippen molar-refractivity contribution in [1.29, 1.82) is 0 Å². The predicted octanol–water partition coefficient (Wildman–Crippen LogP) is 4.60. The van der Waals surface area contributed by atoms with Gasteiger partial charge >= 0.3 is 0 Å². The number of hydrogen-bond donors (Lipinski definition) is 1. The predicted molar refractivity (Wildman–Crippen MR) is 129 cm³/mol. The van der Waals surface area contributed by atoms with E-state index in [2.05, 4.69) is 34.2 Å². The van der Waals surface area contributed by atoms with Gasteiger partial charge in [-0.25, -0.2) is 0 Å². The normalized spacial score (nSPS) is 15.4. The second kappa shape index (κ2) is 8.24. The number of hydrogen-bond acceptors (Lipinski definition) is 4. The lowest BCUT2D eigenvalue weighted by Gasteiger charge is -2.35. The maximum Gasteiger partial charge on any atom is 0.255 e. The number of likely N-dealkylation sites (N-methyl/N-ethyl adjacent to an activating group) is 1. The lowest BCUT2D eigenvalue weighted by atomic mass is 10.0. The summed E-state index contributed by atoms with van der Waals surface area (Å²) >= 11 is 0. The highest BCUT2D eigenvalue weighted by atomic mass is 16.1. The van der Waals surface area contributed by atoms with Gasteiger partial charge in [0.05, 0.1) is 0 Å². The van der Waals surface area contributed by atoms with Crippen molar-refractivity contribution < 1.29 is 9.59 Å². The van der Waals surface area contributed by atoms with Gasteiger partial charge < -0.3 is 15.1 Å². The maximum absolute atomic E-state index is 13.0. The highest BCUT2D eigenvalue weighted by Crippen LogP contribution is 2.36. The minimum absolute atomic E-state index is 0.0195. The zero-order chi connectivity index (χ0) is 22.2. The number of piperazine rings is 1. The molecule has 1 saturated heterocycles. The van der Waals surface area contributed by atoms with Gasteiger partial charge in [-0.3, -0.25) is 9.59 Å². The summed E-state index contributed by atoms with van der Waals surface area (Å²) < 4.78 is 0. The largest absolute Gasteiger partial charge is 0.369 e. The lowest BCUT2D eigenvalue weighted by molar-refractivity contribution is 0.102. The molecule has 1 aliphatic carbocycles. The Hall–Kier alpha value is -3.44. The first-order valence-corrected chi connectivity index (χ1v) is 11.2. The maximum atomic E-state index is 13.0. The van der Waals surface area contributed by atoms with Crippen LogP contribution in [0.4, 0.5) is 11.4 Å². The van der Waals surface area contributed by atoms with Crippen LogP contribution in [0.15, 0.2) is 60.7 Å². The molecule has 5 heteroatoms. The van der Waals surface area contributed by atoms with Gasteiger partial charge in [0.2, 0.25) is 0 Å². The number of amides is 1. The average molecular weight is 426 g/mol. The molecule has 1 fully saturated rings. The van der Waals surface area contributed by atoms with Crippen LogP contribution in [-0.4, -0.2) is 49.3 Å². The van der Waals surface area contributed by atoms with Crippen LogP contribution in [0.3, 0.4) is 0 Å². The molecule has 5 nitrogen and oxygen atoms in total. The van der Waals surface area contributed by atoms with Crippen molar-refractivity contribution in [3.8, 4) is 11.1 Å². The summed E-state index contributed by atoms with van der Waals surface area (Å²) in [5.41, 5.74) is 6.63. The molecule has 3 aromatic rings. The first kappa shape index (κ1) is 20.5. The molecule has 1 N–H and O–H groups in total. The average Bonchev–Trinajstić information content (AvgIpc) is 3.12. The Morgan fingerprint density at radius 3 is 2.31 bits per heavy atom. The second-order valence-electron chi connectivity index (χ2n) is 8.51. The molecule has 3 aromatic carbocycles. The topological polar surface area (TPSA) is 52.6 Å². The van der Waals surface area contributed by atoms with Crippen molar-refractivity contribution >= 4 is 23.1 Å². The Bertz CT molecular complexity index is 1210. The van der Waals surface area contributed by atoms with Gasteiger partial charge in [-0.2, -0.15) is 0 Å². The number of carbonyl (C=O) groups is 2. The molecule has 162 valence electrons. The zero-order valence-corrected chi connectivity index (χ0v) is 18.5. The summed E-state index contributed by atoms with van der Waals surface area (Å²) in [5, 5.41) is 3.02. The van der Waals surface area contributed by atoms with E-state index in [0.717, 1.165) is 55.1 Å². The van der Waals surface area contributed by atoms with Crippen molar-refractivity contribution in [1.82, 2.24) is 4.90 Å². The zero-order valence-electron chi connectivity index (χ0n) is 18.5. The van der Waals surface area contributed by atoms with Crippen LogP contribution in [0.2, 0.25) is 0 Å². The number of nitrogens with zero attached hydrogens (tertiary/aromatic N) is 2. The molecule has 1 heterocycles. The van der Waals surface area contributed by atoms with E-state index in [-0.39, 0.29) is 11.7 Å². The summed E-state index contributed by atoms with van der Waals surface area (Å²) in [6, 6.07) is 19.2. The second-order valence-corrected chi connectivity index (χ2v) is 8.51. The van der Waals surface area contributed by atoms with Crippen LogP contribution in [0.5, 0.6) is 0 Å². The van der Waals surface area contributed by atoms with Crippen molar-refractivity contribution in [2.45, 2.75) is 13.8 Å². The standard InChI is InChI=1S/C27H27N3O2/c1-3-29-12-14-30(15-13-29)20-9-11-25(18(2)16-20)28-27(32)19-8-10-22-21-6-4-5-7-23(21)26(31)24(22)17-19/h4-11,16-17H,3,12-15H2,1-2H3,(H,28,32). The molecule has 0 atom stereocenters. The fourth-order valence-corrected chi connectivity index (χ4v) is 4.67. The molecule has 0 saturated carbocycles. The Morgan fingerprint density at radius 2 is 1.59 bits per heavy atom. The third-order valence-corrected chi connectivity index (χ3v) is 6.63. The van der Waals surface area contributed by atoms with Gasteiger partial charge in [0, 0.05) is 54.2 Å². The van der Waals surface area contributed by atoms with Crippen molar-refractivity contribution in [3.05, 3.63) is 82.9 Å². The van der Waals surface area contributed by atoms with Gasteiger partial charge in [-0.15, -0.1) is 0 Å². The summed E-state index contributed by atoms with van der Waals surface area (Å²) in [6.07, 6.45) is 0. The SMILES string of the molecule is CCN1CCN(c2ccc(NC(=O)c3ccc4c(c3)C(=O)c3ccccc3-4)c(C)c2)CC1. The fraction of sp³-hybridized carbons (Fsp3) is 0.259. The molecular weight excluding hydrogens is 398 g/mol. The Morgan fingerprint density at radius 1 is 0.875 bits per heavy atom. The van der Waals surface area contributed by atoms with Crippen LogP contribution in [0.25, 0.3) is 11.1 Å². The number of carbonyl (C=O) groups excluding carboxylic acids is 2. The molecular formula is C27H27N3O2. The number of ketones is 1. The minimum Gasteiger partial charge on any atom is -0.369 e. The molecule has 0 radical (unpaired) electrons. The smallest absolute Gasteiger partial charge is 0.255 e. The molecule has 2 aliphatic rings. The number of aryl methyl sites for hydroxylation is 1. The first-order valence-electron chi connectivity index (χ1n) is 11.2. The Kier molecular flexibility index (Phi) is 5.27. The van der Waals surface area contributed by atoms with Crippen LogP contribution in [-0.2, 0) is 0 Å². The highest BCUT2D eigenvalue weighted by Gasteiger charge is 2.27. The van der Waals surface area contributed by atoms with E-state index >= 15 is 0 Å². The van der Waals surface area contributed by atoms with Gasteiger partial charge in [0.15, 0.2) is 5.78 Å². The first-order chi connectivity index (χ1) is 15.5. The van der Waals surface area contributed by atoms with Gasteiger partial charge in [0.25, 0.3) is 5.91 Å². The fourth-order valence-electron chi connectivity index (χ4n) is 4.67. The summed E-state index contributed by atoms with van der Waals surface area (Å²) in [6.45, 7) is 9.51. The Labute approximate surface area is 188 Å². The van der Waals surface area contributed by atoms with E-state index in [4.69, 9.17) is 0 Å². The molecule has 0 spiro atoms. The van der Waals surface area contributed by atoms with Crippen molar-refractivity contribution in [2.75, 3.05) is 42.9 Å². The van der Waals surface area contributed by atoms with E-state index in [1.54, 1.807) is 12.1 Å². The Balaban J connectivity index is 1.32. The molecule has 0 unspecified atom stereocenters. The number of anilines is 2. The quantitative estimate of drug-likeness (QED) is 0.519. The molecule has 1 amide bonds. The molecule has 1 aliphatic heterocycles. The number of rotatable bonds is 4. The van der Waals surface area contributed by atoms with Crippen LogP contribution in [0, 0.1) is 6.92 Å². The molecule has 5 rings (SSSR count). The third-order valence-electron chi connectivity index (χ3n) is 6.63. The molecule has 0 bridgehead atoms. The van der Waals surface area contributed by atoms with Crippen LogP contribution < -0.4 is 10.2 Å². The van der Waals surface area contributed by atoms with Gasteiger partial charge in [0.1, 0.15) is 0 Å². The summed E-state index contributed by atoms with van der Waals surface area (Å²) in [7, 11) is 0. The van der Waals surface area contributed by atoms with Crippen molar-refractivity contribution in [2.24, 2.45) is 0 Å². The van der Waals surface area contributed by atoms with Crippen LogP contribution >= 0.6 is 0 Å². The number of fused-ring (bicyclic) bond motifs is 3. The molecule has 0 aromatic heterocycles. The van der Waals surface area contributed by atoms with Gasteiger partial charge in [-0.1, -0.05) is 37.3 Å². The summed E-state index contributed by atoms with van der Waals surface area (Å²) in [4.78, 5) is 30.6. The molecule has 32 heavy (non-hydrogen) atoms. The third kappa shape index (κ3) is 3.59. The van der Waals surface area contributed by atoms with E-state index in [1.165, 1.54) is 5.69 Å². The minimum atomic E-state index is -0.205. The highest BCUT2D eigenvalue weighted by molar-refractivity contribution is 6.22. The summed E-state index contributed by atoms with van der Waals surface area (Å²) in [5.74, 6) is -0.224. The van der Waals surface area contributed by atoms with Crippen LogP contribution in [0.1, 0.15) is 38.8 Å². The van der Waals surface area contributed by atoms with Gasteiger partial charge in [-0.05, 0) is 60.5 Å². The van der Waals surface area contributed by atoms with Crippen molar-refractivity contribution in [3.63, 3.8) is 0 Å².